The molecule has 3 heterocycles. The van der Waals surface area contributed by atoms with Gasteiger partial charge in [-0.3, -0.25) is 4.57 Å². The lowest BCUT2D eigenvalue weighted by atomic mass is 9.70. The molecule has 4 N–H and O–H groups in total. The highest BCUT2D eigenvalue weighted by Crippen LogP contribution is 2.60. The number of allylic oxidation sites excluding steroid dienone is 2. The zero-order valence-electron chi connectivity index (χ0n) is 16.0. The van der Waals surface area contributed by atoms with Crippen molar-refractivity contribution in [1.82, 2.24) is 19.3 Å². The van der Waals surface area contributed by atoms with Crippen LogP contribution in [0.4, 0.5) is 0 Å². The van der Waals surface area contributed by atoms with Crippen LogP contribution in [0.5, 0.6) is 23.5 Å². The number of nitrogens with zero attached hydrogens (tertiary/aromatic N) is 4. The Morgan fingerprint density at radius 2 is 1.32 bits per heavy atom. The van der Waals surface area contributed by atoms with Crippen LogP contribution >= 0.6 is 11.6 Å². The van der Waals surface area contributed by atoms with Gasteiger partial charge in [-0.1, -0.05) is 28.9 Å². The SMILES string of the molecule is Cn1c(O)c2c(c1O)C1C=CC2c2c1c(O)n(-c1nnc(-c3ccc(Cl)cc3)o1)c2O. The molecule has 2 atom stereocenters. The molecule has 0 amide bonds. The first-order valence-corrected chi connectivity index (χ1v) is 9.81. The standard InChI is InChI=1S/C21H15ClN4O5/c1-25-17(27)12-10-6-7-11(13(12)18(25)28)15-14(10)19(29)26(20(15)30)21-24-23-16(31-21)8-2-4-9(22)5-3-8/h2-7,10-11,27-30H,1H3. The van der Waals surface area contributed by atoms with Crippen LogP contribution in [0.1, 0.15) is 34.1 Å². The Morgan fingerprint density at radius 1 is 0.806 bits per heavy atom. The van der Waals surface area contributed by atoms with Crippen molar-refractivity contribution in [3.63, 3.8) is 0 Å². The van der Waals surface area contributed by atoms with Gasteiger partial charge in [0.15, 0.2) is 11.8 Å². The molecule has 0 radical (unpaired) electrons. The molecule has 4 aromatic rings. The number of hydrogen-bond acceptors (Lipinski definition) is 7. The topological polar surface area (TPSA) is 130 Å². The molecule has 156 valence electrons. The van der Waals surface area contributed by atoms with Crippen molar-refractivity contribution < 1.29 is 24.8 Å². The van der Waals surface area contributed by atoms with Gasteiger partial charge < -0.3 is 24.8 Å². The van der Waals surface area contributed by atoms with E-state index in [1.54, 1.807) is 31.3 Å². The first kappa shape index (κ1) is 18.0. The molecular formula is C21H15ClN4O5. The molecule has 0 fully saturated rings. The maximum absolute atomic E-state index is 11.0. The summed E-state index contributed by atoms with van der Waals surface area (Å²) in [7, 11) is 1.55. The molecule has 1 aromatic carbocycles. The van der Waals surface area contributed by atoms with E-state index in [1.807, 2.05) is 12.2 Å². The minimum Gasteiger partial charge on any atom is -0.494 e. The van der Waals surface area contributed by atoms with Crippen molar-refractivity contribution in [2.75, 3.05) is 0 Å². The quantitative estimate of drug-likeness (QED) is 0.352. The summed E-state index contributed by atoms with van der Waals surface area (Å²) < 4.78 is 8.06. The van der Waals surface area contributed by atoms with Crippen LogP contribution in [0.3, 0.4) is 0 Å². The summed E-state index contributed by atoms with van der Waals surface area (Å²) in [5.41, 5.74) is 2.47. The second-order valence-electron chi connectivity index (χ2n) is 7.58. The molecule has 3 aliphatic carbocycles. The number of hydrogen-bond donors (Lipinski definition) is 4. The molecule has 0 saturated carbocycles. The Labute approximate surface area is 179 Å². The largest absolute Gasteiger partial charge is 0.494 e. The Morgan fingerprint density at radius 3 is 1.87 bits per heavy atom. The predicted molar refractivity (Wildman–Crippen MR) is 109 cm³/mol. The first-order chi connectivity index (χ1) is 14.9. The van der Waals surface area contributed by atoms with Gasteiger partial charge in [0.05, 0.1) is 0 Å². The van der Waals surface area contributed by atoms with E-state index in [-0.39, 0.29) is 35.4 Å². The molecule has 7 rings (SSSR count). The van der Waals surface area contributed by atoms with Crippen molar-refractivity contribution in [1.29, 1.82) is 0 Å². The van der Waals surface area contributed by atoms with Crippen molar-refractivity contribution in [2.24, 2.45) is 7.05 Å². The fourth-order valence-corrected chi connectivity index (χ4v) is 4.73. The summed E-state index contributed by atoms with van der Waals surface area (Å²) in [6.07, 6.45) is 3.65. The smallest absolute Gasteiger partial charge is 0.332 e. The molecular weight excluding hydrogens is 424 g/mol. The summed E-state index contributed by atoms with van der Waals surface area (Å²) in [6.45, 7) is 0. The van der Waals surface area contributed by atoms with E-state index in [1.165, 1.54) is 4.57 Å². The molecule has 0 spiro atoms. The summed E-state index contributed by atoms with van der Waals surface area (Å²) in [5, 5.41) is 51.6. The molecule has 3 aromatic heterocycles. The van der Waals surface area contributed by atoms with Crippen molar-refractivity contribution in [3.05, 3.63) is 63.7 Å². The monoisotopic (exact) mass is 438 g/mol. The van der Waals surface area contributed by atoms with E-state index in [9.17, 15) is 20.4 Å². The fraction of sp³-hybridized carbons (Fsp3) is 0.143. The highest BCUT2D eigenvalue weighted by molar-refractivity contribution is 6.30. The van der Waals surface area contributed by atoms with Crippen molar-refractivity contribution in [3.8, 4) is 41.0 Å². The molecule has 10 heteroatoms. The second kappa shape index (κ2) is 5.86. The van der Waals surface area contributed by atoms with E-state index < -0.39 is 11.8 Å². The van der Waals surface area contributed by atoms with Gasteiger partial charge in [0.25, 0.3) is 0 Å². The zero-order valence-corrected chi connectivity index (χ0v) is 16.7. The minimum atomic E-state index is -0.548. The molecule has 0 saturated heterocycles. The number of halogens is 1. The van der Waals surface area contributed by atoms with Gasteiger partial charge in [0, 0.05) is 51.7 Å². The number of rotatable bonds is 2. The van der Waals surface area contributed by atoms with Crippen LogP contribution in [-0.4, -0.2) is 39.8 Å². The van der Waals surface area contributed by atoms with Gasteiger partial charge >= 0.3 is 6.01 Å². The van der Waals surface area contributed by atoms with Gasteiger partial charge in [-0.05, 0) is 24.3 Å². The van der Waals surface area contributed by atoms with Gasteiger partial charge in [-0.15, -0.1) is 5.10 Å². The maximum Gasteiger partial charge on any atom is 0.332 e. The molecule has 2 bridgehead atoms. The van der Waals surface area contributed by atoms with E-state index >= 15 is 0 Å². The average molecular weight is 439 g/mol. The highest BCUT2D eigenvalue weighted by atomic mass is 35.5. The maximum atomic E-state index is 11.0. The third kappa shape index (κ3) is 2.15. The summed E-state index contributed by atoms with van der Waals surface area (Å²) in [4.78, 5) is 0. The third-order valence-corrected chi connectivity index (χ3v) is 6.29. The zero-order chi connectivity index (χ0) is 21.6. The molecule has 31 heavy (non-hydrogen) atoms. The number of aromatic nitrogens is 4. The normalized spacial score (nSPS) is 18.4. The summed E-state index contributed by atoms with van der Waals surface area (Å²) >= 11 is 5.91. The number of aromatic hydroxyl groups is 4. The van der Waals surface area contributed by atoms with Crippen LogP contribution in [0.2, 0.25) is 5.02 Å². The molecule has 2 unspecified atom stereocenters. The predicted octanol–water partition coefficient (Wildman–Crippen LogP) is 3.49. The number of benzene rings is 1. The van der Waals surface area contributed by atoms with E-state index in [2.05, 4.69) is 10.2 Å². The van der Waals surface area contributed by atoms with Crippen LogP contribution < -0.4 is 0 Å². The van der Waals surface area contributed by atoms with E-state index in [4.69, 9.17) is 16.0 Å². The van der Waals surface area contributed by atoms with E-state index in [0.717, 1.165) is 4.57 Å². The average Bonchev–Trinajstić information content (AvgIpc) is 3.42. The highest BCUT2D eigenvalue weighted by Gasteiger charge is 2.46. The lowest BCUT2D eigenvalue weighted by molar-refractivity contribution is 0.376. The Balaban J connectivity index is 1.51. The van der Waals surface area contributed by atoms with Crippen LogP contribution in [0.15, 0.2) is 40.8 Å². The van der Waals surface area contributed by atoms with Gasteiger partial charge in [-0.25, -0.2) is 4.57 Å². The fourth-order valence-electron chi connectivity index (χ4n) is 4.60. The lowest BCUT2D eigenvalue weighted by Gasteiger charge is -2.31. The Bertz CT molecular complexity index is 1350. The van der Waals surface area contributed by atoms with Gasteiger partial charge in [0.1, 0.15) is 0 Å². The Kier molecular flexibility index (Phi) is 3.39. The van der Waals surface area contributed by atoms with E-state index in [0.29, 0.717) is 32.8 Å². The van der Waals surface area contributed by atoms with Gasteiger partial charge in [0.2, 0.25) is 17.7 Å². The minimum absolute atomic E-state index is 0.0908. The lowest BCUT2D eigenvalue weighted by Crippen LogP contribution is -2.17. The van der Waals surface area contributed by atoms with Crippen LogP contribution in [0.25, 0.3) is 17.5 Å². The molecule has 3 aliphatic rings. The summed E-state index contributed by atoms with van der Waals surface area (Å²) in [6, 6.07) is 6.68. The molecule has 9 nitrogen and oxygen atoms in total. The van der Waals surface area contributed by atoms with Crippen LogP contribution in [0, 0.1) is 0 Å². The van der Waals surface area contributed by atoms with Gasteiger partial charge in [-0.2, -0.15) is 0 Å². The second-order valence-corrected chi connectivity index (χ2v) is 8.02. The first-order valence-electron chi connectivity index (χ1n) is 9.43. The Hall–Kier alpha value is -3.85. The van der Waals surface area contributed by atoms with Crippen molar-refractivity contribution >= 4 is 11.6 Å². The van der Waals surface area contributed by atoms with Crippen molar-refractivity contribution in [2.45, 2.75) is 11.8 Å². The van der Waals surface area contributed by atoms with Crippen LogP contribution in [-0.2, 0) is 7.05 Å². The molecule has 0 aliphatic heterocycles. The summed E-state index contributed by atoms with van der Waals surface area (Å²) in [5.74, 6) is -1.63. The third-order valence-electron chi connectivity index (χ3n) is 6.04.